The lowest BCUT2D eigenvalue weighted by Crippen LogP contribution is -1.97. The minimum atomic E-state index is -0.461. The van der Waals surface area contributed by atoms with Crippen molar-refractivity contribution in [3.8, 4) is 0 Å². The number of nitrogens with zero attached hydrogens (tertiary/aromatic N) is 3. The average molecular weight is 363 g/mol. The summed E-state index contributed by atoms with van der Waals surface area (Å²) in [5, 5.41) is 23.2. The molecule has 2 aromatic carbocycles. The highest BCUT2D eigenvalue weighted by Gasteiger charge is 2.16. The predicted octanol–water partition coefficient (Wildman–Crippen LogP) is 5.35. The van der Waals surface area contributed by atoms with E-state index in [9.17, 15) is 20.2 Å². The largest absolute Gasteiger partial charge is 0.295 e. The van der Waals surface area contributed by atoms with E-state index in [0.717, 1.165) is 0 Å². The fraction of sp³-hybridized carbons (Fsp3) is 0.150. The molecule has 7 heteroatoms. The van der Waals surface area contributed by atoms with Gasteiger partial charge >= 0.3 is 0 Å². The van der Waals surface area contributed by atoms with E-state index in [-0.39, 0.29) is 22.2 Å². The Morgan fingerprint density at radius 2 is 1.67 bits per heavy atom. The van der Waals surface area contributed by atoms with Crippen molar-refractivity contribution in [2.45, 2.75) is 19.8 Å². The number of nitro groups is 2. The van der Waals surface area contributed by atoms with Crippen molar-refractivity contribution in [3.05, 3.63) is 85.6 Å². The van der Waals surface area contributed by atoms with E-state index >= 15 is 0 Å². The molecule has 3 aromatic rings. The maximum Gasteiger partial charge on any atom is 0.295 e. The molecule has 27 heavy (non-hydrogen) atoms. The number of hydrogen-bond donors (Lipinski definition) is 0. The van der Waals surface area contributed by atoms with Gasteiger partial charge in [-0.2, -0.15) is 0 Å². The van der Waals surface area contributed by atoms with E-state index in [1.165, 1.54) is 12.1 Å². The Balaban J connectivity index is 1.99. The molecule has 0 saturated heterocycles. The topological polar surface area (TPSA) is 99.2 Å². The first-order chi connectivity index (χ1) is 12.9. The zero-order chi connectivity index (χ0) is 19.6. The normalized spacial score (nSPS) is 11.4. The molecule has 0 aliphatic carbocycles. The Bertz CT molecular complexity index is 1070. The number of pyridine rings is 1. The number of para-hydroxylation sites is 1. The molecule has 0 radical (unpaired) electrons. The van der Waals surface area contributed by atoms with Gasteiger partial charge in [-0.15, -0.1) is 0 Å². The van der Waals surface area contributed by atoms with E-state index < -0.39 is 4.92 Å². The van der Waals surface area contributed by atoms with Gasteiger partial charge in [-0.05, 0) is 23.6 Å². The molecule has 1 heterocycles. The average Bonchev–Trinajstić information content (AvgIpc) is 2.65. The molecule has 7 nitrogen and oxygen atoms in total. The summed E-state index contributed by atoms with van der Waals surface area (Å²) in [6.45, 7) is 3.81. The van der Waals surface area contributed by atoms with Crippen LogP contribution in [-0.2, 0) is 0 Å². The summed E-state index contributed by atoms with van der Waals surface area (Å²) < 4.78 is 0. The maximum atomic E-state index is 11.3. The summed E-state index contributed by atoms with van der Waals surface area (Å²) >= 11 is 0. The van der Waals surface area contributed by atoms with Crippen LogP contribution in [0.2, 0.25) is 0 Å². The summed E-state index contributed by atoms with van der Waals surface area (Å²) in [4.78, 5) is 26.0. The molecule has 3 rings (SSSR count). The smallest absolute Gasteiger partial charge is 0.258 e. The van der Waals surface area contributed by atoms with E-state index in [2.05, 4.69) is 4.98 Å². The number of aromatic nitrogens is 1. The first-order valence-corrected chi connectivity index (χ1v) is 8.37. The van der Waals surface area contributed by atoms with E-state index in [0.29, 0.717) is 27.7 Å². The van der Waals surface area contributed by atoms with E-state index in [1.54, 1.807) is 42.5 Å². The van der Waals surface area contributed by atoms with Crippen LogP contribution in [0.4, 0.5) is 11.4 Å². The highest BCUT2D eigenvalue weighted by Crippen LogP contribution is 2.28. The van der Waals surface area contributed by atoms with Crippen molar-refractivity contribution in [2.75, 3.05) is 0 Å². The monoisotopic (exact) mass is 363 g/mol. The molecular weight excluding hydrogens is 346 g/mol. The van der Waals surface area contributed by atoms with Crippen molar-refractivity contribution < 1.29 is 9.85 Å². The quantitative estimate of drug-likeness (QED) is 0.450. The van der Waals surface area contributed by atoms with Crippen LogP contribution in [0.25, 0.3) is 23.1 Å². The fourth-order valence-electron chi connectivity index (χ4n) is 2.88. The number of fused-ring (bicyclic) bond motifs is 1. The van der Waals surface area contributed by atoms with Gasteiger partial charge in [0.25, 0.3) is 11.4 Å². The van der Waals surface area contributed by atoms with Gasteiger partial charge in [0.05, 0.1) is 15.5 Å². The van der Waals surface area contributed by atoms with Crippen LogP contribution in [-0.4, -0.2) is 14.8 Å². The lowest BCUT2D eigenvalue weighted by atomic mass is 9.99. The van der Waals surface area contributed by atoms with Crippen molar-refractivity contribution in [2.24, 2.45) is 0 Å². The van der Waals surface area contributed by atoms with Crippen molar-refractivity contribution in [3.63, 3.8) is 0 Å². The summed E-state index contributed by atoms with van der Waals surface area (Å²) in [6.07, 6.45) is 3.39. The van der Waals surface area contributed by atoms with Crippen LogP contribution in [0.3, 0.4) is 0 Å². The first-order valence-electron chi connectivity index (χ1n) is 8.37. The Labute approximate surface area is 155 Å². The summed E-state index contributed by atoms with van der Waals surface area (Å²) in [6, 6.07) is 13.4. The minimum Gasteiger partial charge on any atom is -0.258 e. The Morgan fingerprint density at radius 1 is 0.926 bits per heavy atom. The molecule has 0 spiro atoms. The molecule has 0 unspecified atom stereocenters. The second kappa shape index (κ2) is 7.33. The van der Waals surface area contributed by atoms with E-state index in [4.69, 9.17) is 0 Å². The van der Waals surface area contributed by atoms with Gasteiger partial charge in [0.15, 0.2) is 0 Å². The third-order valence-electron chi connectivity index (χ3n) is 4.24. The lowest BCUT2D eigenvalue weighted by molar-refractivity contribution is -0.385. The second-order valence-electron chi connectivity index (χ2n) is 6.41. The number of nitro benzene ring substituents is 2. The summed E-state index contributed by atoms with van der Waals surface area (Å²) in [7, 11) is 0. The number of rotatable bonds is 5. The Hall–Kier alpha value is -3.61. The van der Waals surface area contributed by atoms with Gasteiger partial charge < -0.3 is 0 Å². The van der Waals surface area contributed by atoms with Crippen LogP contribution in [0.15, 0.2) is 48.5 Å². The molecule has 136 valence electrons. The van der Waals surface area contributed by atoms with Gasteiger partial charge in [-0.25, -0.2) is 4.98 Å². The van der Waals surface area contributed by atoms with Crippen molar-refractivity contribution >= 4 is 34.4 Å². The van der Waals surface area contributed by atoms with Crippen LogP contribution >= 0.6 is 0 Å². The van der Waals surface area contributed by atoms with Crippen molar-refractivity contribution in [1.82, 2.24) is 4.98 Å². The highest BCUT2D eigenvalue weighted by molar-refractivity contribution is 5.88. The van der Waals surface area contributed by atoms with Crippen LogP contribution < -0.4 is 0 Å². The Kier molecular flexibility index (Phi) is 4.94. The molecule has 0 bridgehead atoms. The standard InChI is InChI=1S/C20H17N3O4/c1-13(2)17-11-7-14(12-19(17)23(26)27)6-9-16-10-8-15-4-3-5-18(22(24)25)20(15)21-16/h3-13H,1-2H3. The minimum absolute atomic E-state index is 0.0473. The van der Waals surface area contributed by atoms with Gasteiger partial charge in [-0.1, -0.05) is 50.3 Å². The summed E-state index contributed by atoms with van der Waals surface area (Å²) in [5.74, 6) is 0.0473. The summed E-state index contributed by atoms with van der Waals surface area (Å²) in [5.41, 5.74) is 2.21. The zero-order valence-electron chi connectivity index (χ0n) is 14.8. The molecule has 0 fully saturated rings. The predicted molar refractivity (Wildman–Crippen MR) is 105 cm³/mol. The number of benzene rings is 2. The number of non-ortho nitro benzene ring substituents is 1. The Morgan fingerprint density at radius 3 is 2.33 bits per heavy atom. The molecule has 0 aliphatic heterocycles. The zero-order valence-corrected chi connectivity index (χ0v) is 14.8. The van der Waals surface area contributed by atoms with Gasteiger partial charge in [-0.3, -0.25) is 20.2 Å². The van der Waals surface area contributed by atoms with Gasteiger partial charge in [0.1, 0.15) is 5.52 Å². The maximum absolute atomic E-state index is 11.3. The molecule has 0 atom stereocenters. The first kappa shape index (κ1) is 18.2. The third kappa shape index (κ3) is 3.82. The molecule has 0 amide bonds. The second-order valence-corrected chi connectivity index (χ2v) is 6.41. The third-order valence-corrected chi connectivity index (χ3v) is 4.24. The van der Waals surface area contributed by atoms with Gasteiger partial charge in [0.2, 0.25) is 0 Å². The molecular formula is C20H17N3O4. The molecule has 0 N–H and O–H groups in total. The van der Waals surface area contributed by atoms with E-state index in [1.807, 2.05) is 19.9 Å². The van der Waals surface area contributed by atoms with Crippen LogP contribution in [0, 0.1) is 20.2 Å². The van der Waals surface area contributed by atoms with Crippen molar-refractivity contribution in [1.29, 1.82) is 0 Å². The number of hydrogen-bond acceptors (Lipinski definition) is 5. The van der Waals surface area contributed by atoms with Crippen LogP contribution in [0.1, 0.15) is 36.6 Å². The highest BCUT2D eigenvalue weighted by atomic mass is 16.6. The molecule has 0 saturated carbocycles. The van der Waals surface area contributed by atoms with Gasteiger partial charge in [0, 0.05) is 23.1 Å². The SMILES string of the molecule is CC(C)c1ccc(C=Cc2ccc3cccc([N+](=O)[O-])c3n2)cc1[N+](=O)[O-]. The van der Waals surface area contributed by atoms with Crippen LogP contribution in [0.5, 0.6) is 0 Å². The fourth-order valence-corrected chi connectivity index (χ4v) is 2.88. The molecule has 0 aliphatic rings. The molecule has 1 aromatic heterocycles. The lowest BCUT2D eigenvalue weighted by Gasteiger charge is -2.07.